The van der Waals surface area contributed by atoms with E-state index in [9.17, 15) is 0 Å². The molecule has 0 aliphatic rings. The molecule has 0 amide bonds. The van der Waals surface area contributed by atoms with Crippen molar-refractivity contribution < 1.29 is 4.42 Å². The summed E-state index contributed by atoms with van der Waals surface area (Å²) in [5, 5.41) is 0.715. The molecule has 1 aromatic carbocycles. The summed E-state index contributed by atoms with van der Waals surface area (Å²) in [4.78, 5) is 4.69. The molecule has 1 aromatic heterocycles. The van der Waals surface area contributed by atoms with Gasteiger partial charge in [0.05, 0.1) is 0 Å². The van der Waals surface area contributed by atoms with E-state index in [1.165, 1.54) is 0 Å². The lowest BCUT2D eigenvalue weighted by Crippen LogP contribution is -1.86. The normalized spacial score (nSPS) is 11.1. The van der Waals surface area contributed by atoms with E-state index in [0.29, 0.717) is 5.22 Å². The number of rotatable bonds is 6. The molecule has 0 fully saturated rings. The maximum absolute atomic E-state index is 6.00. The Labute approximate surface area is 164 Å². The number of nitrogens with zero attached hydrogens (tertiary/aromatic N) is 1. The van der Waals surface area contributed by atoms with Gasteiger partial charge in [0.25, 0.3) is 5.22 Å². The lowest BCUT2D eigenvalue weighted by Gasteiger charge is -2.01. The van der Waals surface area contributed by atoms with E-state index in [4.69, 9.17) is 9.40 Å². The molecule has 2 aromatic rings. The van der Waals surface area contributed by atoms with Gasteiger partial charge < -0.3 is 4.42 Å². The Hall–Kier alpha value is -2.00. The Morgan fingerprint density at radius 3 is 2.23 bits per heavy atom. The minimum Gasteiger partial charge on any atom is -0.431 e. The van der Waals surface area contributed by atoms with Crippen LogP contribution in [0.1, 0.15) is 54.2 Å². The van der Waals surface area contributed by atoms with Crippen molar-refractivity contribution in [3.05, 3.63) is 66.4 Å². The zero-order valence-electron chi connectivity index (χ0n) is 17.2. The van der Waals surface area contributed by atoms with Crippen LogP contribution in [-0.4, -0.2) is 10.7 Å². The standard InChI is InChI=1S/C19H21NOS.2C2H6/c1-4-7-12-15(11-5-2)17-18(16-13-9-8-10-14-16)21-19(20-17)22-6-3;2*1-2/h4-5,7-14H,6H2,1-3H3;2*1-2H3/b7-4-,11-5-,15-12+;;. The topological polar surface area (TPSA) is 26.0 Å². The third-order valence-electron chi connectivity index (χ3n) is 3.00. The van der Waals surface area contributed by atoms with Crippen LogP contribution in [0.4, 0.5) is 0 Å². The summed E-state index contributed by atoms with van der Waals surface area (Å²) in [6.07, 6.45) is 10.2. The van der Waals surface area contributed by atoms with Gasteiger partial charge in [0.1, 0.15) is 5.69 Å². The maximum Gasteiger partial charge on any atom is 0.256 e. The number of oxazole rings is 1. The Kier molecular flexibility index (Phi) is 14.1. The summed E-state index contributed by atoms with van der Waals surface area (Å²) in [6.45, 7) is 14.1. The van der Waals surface area contributed by atoms with Gasteiger partial charge in [-0.1, -0.05) is 107 Å². The van der Waals surface area contributed by atoms with Gasteiger partial charge in [0.2, 0.25) is 0 Å². The number of hydrogen-bond donors (Lipinski definition) is 0. The van der Waals surface area contributed by atoms with Crippen molar-refractivity contribution in [2.75, 3.05) is 5.75 Å². The van der Waals surface area contributed by atoms with Gasteiger partial charge in [0.15, 0.2) is 5.76 Å². The molecular formula is C23H33NOS. The van der Waals surface area contributed by atoms with Gasteiger partial charge in [-0.3, -0.25) is 0 Å². The summed E-state index contributed by atoms with van der Waals surface area (Å²) < 4.78 is 6.00. The Balaban J connectivity index is 0.00000146. The van der Waals surface area contributed by atoms with Crippen molar-refractivity contribution in [3.8, 4) is 11.3 Å². The molecule has 142 valence electrons. The predicted octanol–water partition coefficient (Wildman–Crippen LogP) is 8.04. The van der Waals surface area contributed by atoms with Gasteiger partial charge in [0, 0.05) is 11.1 Å². The van der Waals surface area contributed by atoms with E-state index in [-0.39, 0.29) is 0 Å². The quantitative estimate of drug-likeness (QED) is 0.379. The fraction of sp³-hybridized carbons (Fsp3) is 0.348. The van der Waals surface area contributed by atoms with Crippen LogP contribution in [0, 0.1) is 0 Å². The molecule has 0 bridgehead atoms. The van der Waals surface area contributed by atoms with Crippen molar-refractivity contribution in [3.63, 3.8) is 0 Å². The summed E-state index contributed by atoms with van der Waals surface area (Å²) in [5.74, 6) is 1.76. The summed E-state index contributed by atoms with van der Waals surface area (Å²) in [5.41, 5.74) is 2.98. The molecule has 26 heavy (non-hydrogen) atoms. The molecule has 0 atom stereocenters. The second-order valence-corrected chi connectivity index (χ2v) is 5.82. The smallest absolute Gasteiger partial charge is 0.256 e. The molecule has 0 saturated carbocycles. The average molecular weight is 372 g/mol. The molecule has 0 aliphatic heterocycles. The Morgan fingerprint density at radius 2 is 1.69 bits per heavy atom. The SMILES string of the molecule is CC.CC.C\C=C/C=C(\C=C/C)c1nc(SCC)oc1-c1ccccc1. The van der Waals surface area contributed by atoms with Crippen molar-refractivity contribution in [1.29, 1.82) is 0 Å². The van der Waals surface area contributed by atoms with Crippen LogP contribution in [0.5, 0.6) is 0 Å². The zero-order chi connectivity index (χ0) is 19.8. The number of thioether (sulfide) groups is 1. The van der Waals surface area contributed by atoms with Crippen LogP contribution in [0.2, 0.25) is 0 Å². The fourth-order valence-electron chi connectivity index (χ4n) is 2.06. The number of aromatic nitrogens is 1. The van der Waals surface area contributed by atoms with Crippen molar-refractivity contribution in [1.82, 2.24) is 4.98 Å². The third-order valence-corrected chi connectivity index (χ3v) is 3.71. The molecule has 0 aliphatic carbocycles. The van der Waals surface area contributed by atoms with Gasteiger partial charge in [-0.25, -0.2) is 4.98 Å². The largest absolute Gasteiger partial charge is 0.431 e. The van der Waals surface area contributed by atoms with E-state index in [1.54, 1.807) is 11.8 Å². The van der Waals surface area contributed by atoms with Gasteiger partial charge in [-0.2, -0.15) is 0 Å². The highest BCUT2D eigenvalue weighted by atomic mass is 32.2. The third kappa shape index (κ3) is 7.49. The van der Waals surface area contributed by atoms with E-state index >= 15 is 0 Å². The molecular weight excluding hydrogens is 338 g/mol. The second-order valence-electron chi connectivity index (χ2n) is 4.60. The second kappa shape index (κ2) is 15.3. The van der Waals surface area contributed by atoms with Gasteiger partial charge in [-0.05, 0) is 19.6 Å². The molecule has 0 N–H and O–H groups in total. The van der Waals surface area contributed by atoms with E-state index in [2.05, 4.69) is 19.1 Å². The van der Waals surface area contributed by atoms with Crippen molar-refractivity contribution >= 4 is 17.3 Å². The molecule has 0 spiro atoms. The first kappa shape index (κ1) is 24.0. The van der Waals surface area contributed by atoms with Crippen LogP contribution in [0.3, 0.4) is 0 Å². The zero-order valence-corrected chi connectivity index (χ0v) is 18.1. The highest BCUT2D eigenvalue weighted by Crippen LogP contribution is 2.33. The molecule has 0 radical (unpaired) electrons. The lowest BCUT2D eigenvalue weighted by molar-refractivity contribution is 0.466. The Morgan fingerprint density at radius 1 is 1.04 bits per heavy atom. The summed E-state index contributed by atoms with van der Waals surface area (Å²) >= 11 is 1.62. The van der Waals surface area contributed by atoms with Crippen LogP contribution >= 0.6 is 11.8 Å². The van der Waals surface area contributed by atoms with Gasteiger partial charge >= 0.3 is 0 Å². The minimum atomic E-state index is 0.715. The highest BCUT2D eigenvalue weighted by Gasteiger charge is 2.17. The first-order chi connectivity index (χ1) is 12.8. The van der Waals surface area contributed by atoms with Gasteiger partial charge in [-0.15, -0.1) is 0 Å². The molecule has 1 heterocycles. The maximum atomic E-state index is 6.00. The lowest BCUT2D eigenvalue weighted by atomic mass is 10.1. The van der Waals surface area contributed by atoms with Crippen LogP contribution < -0.4 is 0 Å². The van der Waals surface area contributed by atoms with Crippen LogP contribution in [0.25, 0.3) is 16.9 Å². The predicted molar refractivity (Wildman–Crippen MR) is 119 cm³/mol. The van der Waals surface area contributed by atoms with E-state index in [0.717, 1.165) is 28.3 Å². The molecule has 0 saturated heterocycles. The molecule has 3 heteroatoms. The van der Waals surface area contributed by atoms with Crippen molar-refractivity contribution in [2.24, 2.45) is 0 Å². The number of hydrogen-bond acceptors (Lipinski definition) is 3. The van der Waals surface area contributed by atoms with E-state index in [1.807, 2.05) is 90.1 Å². The number of allylic oxidation sites excluding steroid dienone is 6. The van der Waals surface area contributed by atoms with E-state index < -0.39 is 0 Å². The number of benzene rings is 1. The van der Waals surface area contributed by atoms with Crippen LogP contribution in [0.15, 0.2) is 70.4 Å². The molecule has 2 nitrogen and oxygen atoms in total. The highest BCUT2D eigenvalue weighted by molar-refractivity contribution is 7.99. The summed E-state index contributed by atoms with van der Waals surface area (Å²) in [6, 6.07) is 10.1. The van der Waals surface area contributed by atoms with Crippen LogP contribution in [-0.2, 0) is 0 Å². The first-order valence-corrected chi connectivity index (χ1v) is 10.4. The fourth-order valence-corrected chi connectivity index (χ4v) is 2.60. The minimum absolute atomic E-state index is 0.715. The average Bonchev–Trinajstić information content (AvgIpc) is 3.13. The molecule has 2 rings (SSSR count). The van der Waals surface area contributed by atoms with Crippen molar-refractivity contribution in [2.45, 2.75) is 53.7 Å². The summed E-state index contributed by atoms with van der Waals surface area (Å²) in [7, 11) is 0. The first-order valence-electron chi connectivity index (χ1n) is 9.45. The Bertz CT molecular complexity index is 681. The molecule has 0 unspecified atom stereocenters. The monoisotopic (exact) mass is 371 g/mol.